The van der Waals surface area contributed by atoms with Crippen LogP contribution in [0.2, 0.25) is 0 Å². The molecule has 0 radical (unpaired) electrons. The Hall–Kier alpha value is -2.14. The van der Waals surface area contributed by atoms with Gasteiger partial charge in [0.1, 0.15) is 5.75 Å². The van der Waals surface area contributed by atoms with E-state index < -0.39 is 0 Å². The zero-order valence-electron chi connectivity index (χ0n) is 14.2. The van der Waals surface area contributed by atoms with Crippen molar-refractivity contribution in [2.75, 3.05) is 13.2 Å². The lowest BCUT2D eigenvalue weighted by Crippen LogP contribution is -2.39. The Morgan fingerprint density at radius 1 is 1.08 bits per heavy atom. The van der Waals surface area contributed by atoms with Gasteiger partial charge >= 0.3 is 0 Å². The molecule has 1 aliphatic heterocycles. The summed E-state index contributed by atoms with van der Waals surface area (Å²) in [4.78, 5) is 25.6. The highest BCUT2D eigenvalue weighted by Crippen LogP contribution is 2.40. The molecule has 1 aromatic carbocycles. The predicted molar refractivity (Wildman–Crippen MR) is 89.7 cm³/mol. The highest BCUT2D eigenvalue weighted by molar-refractivity contribution is 6.13. The van der Waals surface area contributed by atoms with E-state index in [2.05, 4.69) is 6.92 Å². The molecule has 0 fully saturated rings. The molecule has 24 heavy (non-hydrogen) atoms. The fourth-order valence-corrected chi connectivity index (χ4v) is 3.30. The van der Waals surface area contributed by atoms with Crippen LogP contribution in [0, 0.1) is 0 Å². The minimum atomic E-state index is -0.359. The third-order valence-corrected chi connectivity index (χ3v) is 4.34. The van der Waals surface area contributed by atoms with E-state index in [1.165, 1.54) is 17.1 Å². The van der Waals surface area contributed by atoms with Gasteiger partial charge in [-0.25, -0.2) is 0 Å². The van der Waals surface area contributed by atoms with Gasteiger partial charge in [0.15, 0.2) is 0 Å². The summed E-state index contributed by atoms with van der Waals surface area (Å²) >= 11 is 0. The second kappa shape index (κ2) is 7.18. The first-order chi connectivity index (χ1) is 11.7. The quantitative estimate of drug-likeness (QED) is 0.722. The Morgan fingerprint density at radius 2 is 1.79 bits per heavy atom. The molecule has 3 rings (SSSR count). The molecule has 0 saturated heterocycles. The van der Waals surface area contributed by atoms with E-state index in [-0.39, 0.29) is 24.0 Å². The summed E-state index contributed by atoms with van der Waals surface area (Å²) in [6.07, 6.45) is 4.98. The van der Waals surface area contributed by atoms with Crippen LogP contribution >= 0.6 is 0 Å². The molecule has 0 saturated carbocycles. The Kier molecular flexibility index (Phi) is 5.00. The molecule has 0 bridgehead atoms. The number of fused-ring (bicyclic) bond motifs is 1. The number of hydrogen-bond acceptors (Lipinski definition) is 4. The van der Waals surface area contributed by atoms with Gasteiger partial charge in [-0.05, 0) is 36.1 Å². The van der Waals surface area contributed by atoms with Gasteiger partial charge in [0.05, 0.1) is 18.8 Å². The summed E-state index contributed by atoms with van der Waals surface area (Å²) in [7, 11) is 0. The molecular weight excluding hydrogens is 306 g/mol. The maximum absolute atomic E-state index is 12.1. The highest BCUT2D eigenvalue weighted by Gasteiger charge is 2.43. The molecule has 2 amide bonds. The molecule has 128 valence electrons. The van der Waals surface area contributed by atoms with Crippen molar-refractivity contribution in [3.63, 3.8) is 0 Å². The lowest BCUT2D eigenvalue weighted by atomic mass is 10.1. The van der Waals surface area contributed by atoms with Crippen LogP contribution in [0.5, 0.6) is 5.75 Å². The molecule has 5 nitrogen and oxygen atoms in total. The fourth-order valence-electron chi connectivity index (χ4n) is 3.30. The first-order valence-electron chi connectivity index (χ1n) is 8.58. The maximum atomic E-state index is 12.1. The van der Waals surface area contributed by atoms with Gasteiger partial charge in [0, 0.05) is 25.2 Å². The number of carbonyl (C=O) groups excluding carboxylic acids is 2. The Morgan fingerprint density at radius 3 is 2.46 bits per heavy atom. The van der Waals surface area contributed by atoms with E-state index in [1.807, 2.05) is 25.1 Å². The minimum absolute atomic E-state index is 0.200. The van der Waals surface area contributed by atoms with Crippen molar-refractivity contribution in [1.29, 1.82) is 0 Å². The fraction of sp³-hybridized carbons (Fsp3) is 0.474. The van der Waals surface area contributed by atoms with Crippen molar-refractivity contribution in [1.82, 2.24) is 4.90 Å². The van der Waals surface area contributed by atoms with Crippen molar-refractivity contribution in [2.24, 2.45) is 0 Å². The largest absolute Gasteiger partial charge is 0.494 e. The highest BCUT2D eigenvalue weighted by atomic mass is 16.5. The van der Waals surface area contributed by atoms with E-state index in [0.717, 1.165) is 29.7 Å². The molecule has 0 unspecified atom stereocenters. The van der Waals surface area contributed by atoms with Crippen molar-refractivity contribution in [3.05, 3.63) is 41.5 Å². The zero-order chi connectivity index (χ0) is 17.1. The van der Waals surface area contributed by atoms with Crippen LogP contribution in [0.3, 0.4) is 0 Å². The number of ether oxygens (including phenoxy) is 2. The minimum Gasteiger partial charge on any atom is -0.494 e. The van der Waals surface area contributed by atoms with Crippen LogP contribution in [0.4, 0.5) is 0 Å². The number of nitrogens with zero attached hydrogens (tertiary/aromatic N) is 1. The van der Waals surface area contributed by atoms with E-state index in [4.69, 9.17) is 9.47 Å². The normalized spacial score (nSPS) is 22.3. The zero-order valence-corrected chi connectivity index (χ0v) is 14.2. The smallest absolute Gasteiger partial charge is 0.254 e. The molecule has 5 heteroatoms. The van der Waals surface area contributed by atoms with Gasteiger partial charge in [0.25, 0.3) is 11.8 Å². The topological polar surface area (TPSA) is 55.8 Å². The summed E-state index contributed by atoms with van der Waals surface area (Å²) in [6, 6.07) is 5.51. The maximum Gasteiger partial charge on any atom is 0.254 e. The van der Waals surface area contributed by atoms with E-state index in [9.17, 15) is 9.59 Å². The standard InChI is InChI=1S/C19H23NO4/c1-3-9-23-14-5-6-15-13(11-14)12-16(24-10-4-2)19(15)20-17(21)7-8-18(20)22/h5-8,11,16,19H,3-4,9-10,12H2,1-2H3/t16-,19-/m0/s1. The molecule has 0 spiro atoms. The molecule has 0 N–H and O–H groups in total. The Labute approximate surface area is 142 Å². The monoisotopic (exact) mass is 329 g/mol. The van der Waals surface area contributed by atoms with E-state index in [0.29, 0.717) is 19.6 Å². The van der Waals surface area contributed by atoms with Gasteiger partial charge in [-0.3, -0.25) is 14.5 Å². The molecule has 0 aromatic heterocycles. The van der Waals surface area contributed by atoms with Crippen molar-refractivity contribution >= 4 is 11.8 Å². The number of rotatable bonds is 7. The van der Waals surface area contributed by atoms with Crippen LogP contribution < -0.4 is 4.74 Å². The Bertz CT molecular complexity index is 649. The van der Waals surface area contributed by atoms with Crippen LogP contribution in [0.25, 0.3) is 0 Å². The van der Waals surface area contributed by atoms with E-state index >= 15 is 0 Å². The third kappa shape index (κ3) is 3.08. The first-order valence-corrected chi connectivity index (χ1v) is 8.58. The van der Waals surface area contributed by atoms with Crippen molar-refractivity contribution in [3.8, 4) is 5.75 Å². The number of amides is 2. The lowest BCUT2D eigenvalue weighted by Gasteiger charge is -2.28. The summed E-state index contributed by atoms with van der Waals surface area (Å²) in [5.41, 5.74) is 2.06. The summed E-state index contributed by atoms with van der Waals surface area (Å²) in [6.45, 7) is 5.39. The van der Waals surface area contributed by atoms with Crippen LogP contribution in [0.1, 0.15) is 43.9 Å². The van der Waals surface area contributed by atoms with Gasteiger partial charge < -0.3 is 9.47 Å². The molecule has 1 aromatic rings. The molecule has 2 aliphatic rings. The number of carbonyl (C=O) groups is 2. The van der Waals surface area contributed by atoms with Crippen LogP contribution in [-0.4, -0.2) is 36.0 Å². The number of imide groups is 1. The summed E-state index contributed by atoms with van der Waals surface area (Å²) in [5, 5.41) is 0. The van der Waals surface area contributed by atoms with E-state index in [1.54, 1.807) is 0 Å². The third-order valence-electron chi connectivity index (χ3n) is 4.34. The summed E-state index contributed by atoms with van der Waals surface area (Å²) in [5.74, 6) is 0.284. The van der Waals surface area contributed by atoms with Crippen molar-refractivity contribution < 1.29 is 19.1 Å². The van der Waals surface area contributed by atoms with Crippen LogP contribution in [-0.2, 0) is 20.7 Å². The average Bonchev–Trinajstić information content (AvgIpc) is 3.09. The first kappa shape index (κ1) is 16.7. The van der Waals surface area contributed by atoms with Gasteiger partial charge in [-0.15, -0.1) is 0 Å². The van der Waals surface area contributed by atoms with Crippen molar-refractivity contribution in [2.45, 2.75) is 45.3 Å². The molecule has 1 aliphatic carbocycles. The molecular formula is C19H23NO4. The Balaban J connectivity index is 1.90. The summed E-state index contributed by atoms with van der Waals surface area (Å²) < 4.78 is 11.7. The molecule has 2 atom stereocenters. The SMILES string of the molecule is CCCOc1ccc2c(c1)C[C@H](OCCC)[C@H]2N1C(=O)C=CC1=O. The second-order valence-electron chi connectivity index (χ2n) is 6.15. The lowest BCUT2D eigenvalue weighted by molar-refractivity contribution is -0.143. The molecule has 1 heterocycles. The van der Waals surface area contributed by atoms with Gasteiger partial charge in [-0.1, -0.05) is 19.9 Å². The second-order valence-corrected chi connectivity index (χ2v) is 6.15. The van der Waals surface area contributed by atoms with Gasteiger partial charge in [-0.2, -0.15) is 0 Å². The van der Waals surface area contributed by atoms with Gasteiger partial charge in [0.2, 0.25) is 0 Å². The number of benzene rings is 1. The van der Waals surface area contributed by atoms with Crippen LogP contribution in [0.15, 0.2) is 30.4 Å². The predicted octanol–water partition coefficient (Wildman–Crippen LogP) is 2.79. The number of hydrogen-bond donors (Lipinski definition) is 0. The average molecular weight is 329 g/mol.